The summed E-state index contributed by atoms with van der Waals surface area (Å²) >= 11 is 0. The van der Waals surface area contributed by atoms with Crippen LogP contribution in [0.3, 0.4) is 0 Å². The number of para-hydroxylation sites is 1. The highest BCUT2D eigenvalue weighted by molar-refractivity contribution is 6.19. The third kappa shape index (κ3) is 5.67. The van der Waals surface area contributed by atoms with Crippen LogP contribution in [0.15, 0.2) is 90.5 Å². The van der Waals surface area contributed by atoms with Crippen LogP contribution in [0.4, 0.5) is 11.5 Å². The molecule has 4 aromatic rings. The molecule has 6 rings (SSSR count). The number of fused-ring (bicyclic) bond motifs is 2. The first-order valence-electron chi connectivity index (χ1n) is 16.8. The Morgan fingerprint density at radius 1 is 0.771 bits per heavy atom. The zero-order valence-electron chi connectivity index (χ0n) is 28.1. The third-order valence-electron chi connectivity index (χ3n) is 9.39. The number of carbonyl (C=O) groups excluding carboxylic acids is 3. The lowest BCUT2D eigenvalue weighted by atomic mass is 9.61. The molecule has 0 amide bonds. The van der Waals surface area contributed by atoms with Crippen LogP contribution in [0.25, 0.3) is 11.3 Å². The molecule has 1 aliphatic heterocycles. The van der Waals surface area contributed by atoms with E-state index in [1.165, 1.54) is 0 Å². The van der Waals surface area contributed by atoms with Crippen molar-refractivity contribution in [3.63, 3.8) is 0 Å². The molecule has 4 atom stereocenters. The number of carbonyl (C=O) groups is 3. The van der Waals surface area contributed by atoms with Gasteiger partial charge in [0.2, 0.25) is 0 Å². The molecule has 9 nitrogen and oxygen atoms in total. The van der Waals surface area contributed by atoms with Gasteiger partial charge in [0.1, 0.15) is 11.7 Å². The lowest BCUT2D eigenvalue weighted by Crippen LogP contribution is -2.46. The minimum absolute atomic E-state index is 0.0989. The summed E-state index contributed by atoms with van der Waals surface area (Å²) < 4.78 is 13.2. The number of Topliss-reactive ketones (excluding diaryl/α,β-unsaturated/α-hetero) is 1. The Morgan fingerprint density at radius 2 is 1.35 bits per heavy atom. The van der Waals surface area contributed by atoms with Crippen molar-refractivity contribution in [1.29, 1.82) is 0 Å². The number of anilines is 2. The Kier molecular flexibility index (Phi) is 9.48. The van der Waals surface area contributed by atoms with E-state index >= 15 is 4.79 Å². The van der Waals surface area contributed by atoms with E-state index in [4.69, 9.17) is 14.6 Å². The highest BCUT2D eigenvalue weighted by atomic mass is 16.5. The number of nitrogens with zero attached hydrogens (tertiary/aromatic N) is 3. The zero-order chi connectivity index (χ0) is 33.9. The molecule has 0 saturated carbocycles. The molecule has 2 heterocycles. The van der Waals surface area contributed by atoms with Crippen LogP contribution in [0.5, 0.6) is 0 Å². The van der Waals surface area contributed by atoms with E-state index in [0.29, 0.717) is 33.8 Å². The van der Waals surface area contributed by atoms with Gasteiger partial charge in [-0.3, -0.25) is 14.4 Å². The van der Waals surface area contributed by atoms with Crippen molar-refractivity contribution in [1.82, 2.24) is 9.78 Å². The maximum atomic E-state index is 15.0. The molecule has 1 aliphatic carbocycles. The molecular weight excluding hydrogens is 604 g/mol. The van der Waals surface area contributed by atoms with Gasteiger partial charge >= 0.3 is 11.9 Å². The zero-order valence-corrected chi connectivity index (χ0v) is 28.1. The maximum Gasteiger partial charge on any atom is 0.317 e. The summed E-state index contributed by atoms with van der Waals surface area (Å²) in [5.74, 6) is -3.97. The number of benzene rings is 3. The molecule has 248 valence electrons. The number of ketones is 1. The van der Waals surface area contributed by atoms with Gasteiger partial charge in [-0.1, -0.05) is 60.7 Å². The summed E-state index contributed by atoms with van der Waals surface area (Å²) in [6.07, 6.45) is 0. The standard InChI is InChI=1S/C39H42N4O5/c1-6-42(7-2)27-22-20-26(21-23-27)35-33-31(29-24(5)41-43(37(29)40-35)28-18-14-11-15-19-28)32(38(45)47-8-3)30(25-16-12-10-13-17-25)34(36(33)44)39(46)48-9-4/h10-23,30,32,34-35,40H,6-9H2,1-5H3/t30-,32+,34-,35+/m0/s1. The van der Waals surface area contributed by atoms with Crippen molar-refractivity contribution in [2.45, 2.75) is 46.6 Å². The van der Waals surface area contributed by atoms with Crippen molar-refractivity contribution in [2.24, 2.45) is 11.8 Å². The van der Waals surface area contributed by atoms with Gasteiger partial charge < -0.3 is 19.7 Å². The van der Waals surface area contributed by atoms with Gasteiger partial charge in [-0.05, 0) is 75.6 Å². The molecule has 48 heavy (non-hydrogen) atoms. The minimum atomic E-state index is -1.26. The van der Waals surface area contributed by atoms with Crippen LogP contribution in [0, 0.1) is 18.8 Å². The van der Waals surface area contributed by atoms with Crippen molar-refractivity contribution in [2.75, 3.05) is 36.5 Å². The monoisotopic (exact) mass is 646 g/mol. The van der Waals surface area contributed by atoms with Gasteiger partial charge in [0, 0.05) is 35.8 Å². The molecule has 0 unspecified atom stereocenters. The molecule has 2 aliphatic rings. The number of hydrogen-bond donors (Lipinski definition) is 1. The van der Waals surface area contributed by atoms with Crippen molar-refractivity contribution >= 4 is 34.8 Å². The fraction of sp³-hybridized carbons (Fsp3) is 0.333. The summed E-state index contributed by atoms with van der Waals surface area (Å²) in [5, 5.41) is 8.59. The number of hydrogen-bond acceptors (Lipinski definition) is 8. The topological polar surface area (TPSA) is 103 Å². The lowest BCUT2D eigenvalue weighted by molar-refractivity contribution is -0.154. The number of esters is 2. The normalized spacial score (nSPS) is 20.0. The Balaban J connectivity index is 1.66. The van der Waals surface area contributed by atoms with Gasteiger partial charge in [-0.2, -0.15) is 5.10 Å². The fourth-order valence-corrected chi connectivity index (χ4v) is 7.30. The van der Waals surface area contributed by atoms with E-state index in [-0.39, 0.29) is 19.0 Å². The van der Waals surface area contributed by atoms with Crippen molar-refractivity contribution < 1.29 is 23.9 Å². The summed E-state index contributed by atoms with van der Waals surface area (Å²) in [5.41, 5.74) is 5.60. The average molecular weight is 647 g/mol. The number of aromatic nitrogens is 2. The van der Waals surface area contributed by atoms with Crippen LogP contribution in [0.1, 0.15) is 62.0 Å². The van der Waals surface area contributed by atoms with Crippen LogP contribution in [-0.4, -0.2) is 53.8 Å². The van der Waals surface area contributed by atoms with E-state index < -0.39 is 35.7 Å². The summed E-state index contributed by atoms with van der Waals surface area (Å²) in [6.45, 7) is 11.5. The van der Waals surface area contributed by atoms with Crippen LogP contribution in [0.2, 0.25) is 0 Å². The van der Waals surface area contributed by atoms with E-state index in [0.717, 1.165) is 30.0 Å². The number of nitrogens with one attached hydrogen (secondary N) is 1. The predicted octanol–water partition coefficient (Wildman–Crippen LogP) is 6.67. The second kappa shape index (κ2) is 13.9. The van der Waals surface area contributed by atoms with E-state index in [1.807, 2.05) is 96.5 Å². The minimum Gasteiger partial charge on any atom is -0.466 e. The highest BCUT2D eigenvalue weighted by Gasteiger charge is 2.55. The molecule has 9 heteroatoms. The average Bonchev–Trinajstić information content (AvgIpc) is 3.45. The molecule has 0 spiro atoms. The molecule has 0 saturated heterocycles. The Labute approximate surface area is 281 Å². The summed E-state index contributed by atoms with van der Waals surface area (Å²) in [7, 11) is 0. The fourth-order valence-electron chi connectivity index (χ4n) is 7.30. The molecule has 1 aromatic heterocycles. The highest BCUT2D eigenvalue weighted by Crippen LogP contribution is 2.55. The van der Waals surface area contributed by atoms with Gasteiger partial charge in [0.15, 0.2) is 5.78 Å². The maximum absolute atomic E-state index is 15.0. The largest absolute Gasteiger partial charge is 0.466 e. The SMILES string of the molecule is CCOC(=O)[C@@H]1C(=O)C2=C(c3c(C)nn(-c4ccccc4)c3N[C@@H]2c2ccc(N(CC)CC)cc2)[C@H](C(=O)OCC)[C@@H]1c1ccccc1. The summed E-state index contributed by atoms with van der Waals surface area (Å²) in [4.78, 5) is 45.5. The molecule has 1 N–H and O–H groups in total. The Hall–Kier alpha value is -5.18. The molecular formula is C39H42N4O5. The first-order chi connectivity index (χ1) is 23.3. The third-order valence-corrected chi connectivity index (χ3v) is 9.39. The van der Waals surface area contributed by atoms with E-state index in [1.54, 1.807) is 13.8 Å². The summed E-state index contributed by atoms with van der Waals surface area (Å²) in [6, 6.07) is 26.4. The van der Waals surface area contributed by atoms with E-state index in [2.05, 4.69) is 24.1 Å². The number of aryl methyl sites for hydroxylation is 1. The van der Waals surface area contributed by atoms with Gasteiger partial charge in [-0.25, -0.2) is 4.68 Å². The number of ether oxygens (including phenoxy) is 2. The Bertz CT molecular complexity index is 1830. The van der Waals surface area contributed by atoms with Crippen molar-refractivity contribution in [3.8, 4) is 5.69 Å². The second-order valence-electron chi connectivity index (χ2n) is 12.0. The van der Waals surface area contributed by atoms with Crippen LogP contribution >= 0.6 is 0 Å². The van der Waals surface area contributed by atoms with Gasteiger partial charge in [-0.15, -0.1) is 0 Å². The first-order valence-corrected chi connectivity index (χ1v) is 16.8. The Morgan fingerprint density at radius 3 is 1.94 bits per heavy atom. The molecule has 0 radical (unpaired) electrons. The van der Waals surface area contributed by atoms with Crippen molar-refractivity contribution in [3.05, 3.63) is 113 Å². The van der Waals surface area contributed by atoms with Crippen LogP contribution in [-0.2, 0) is 23.9 Å². The van der Waals surface area contributed by atoms with Gasteiger partial charge in [0.05, 0.1) is 36.6 Å². The smallest absolute Gasteiger partial charge is 0.317 e. The van der Waals surface area contributed by atoms with Gasteiger partial charge in [0.25, 0.3) is 0 Å². The van der Waals surface area contributed by atoms with E-state index in [9.17, 15) is 9.59 Å². The predicted molar refractivity (Wildman–Crippen MR) is 186 cm³/mol. The first kappa shape index (κ1) is 32.7. The molecule has 0 fully saturated rings. The second-order valence-corrected chi connectivity index (χ2v) is 12.0. The molecule has 0 bridgehead atoms. The van der Waals surface area contributed by atoms with Crippen LogP contribution < -0.4 is 10.2 Å². The lowest BCUT2D eigenvalue weighted by Gasteiger charge is -2.42. The molecule has 3 aromatic carbocycles. The number of rotatable bonds is 10. The quantitative estimate of drug-likeness (QED) is 0.151.